The molecule has 1 unspecified atom stereocenters. The Balaban J connectivity index is 1.51. The van der Waals surface area contributed by atoms with E-state index in [4.69, 9.17) is 9.47 Å². The molecule has 2 aliphatic rings. The van der Waals surface area contributed by atoms with E-state index >= 15 is 0 Å². The zero-order chi connectivity index (χ0) is 21.1. The summed E-state index contributed by atoms with van der Waals surface area (Å²) in [4.78, 5) is 27.7. The van der Waals surface area contributed by atoms with Gasteiger partial charge in [-0.1, -0.05) is 23.5 Å². The molecule has 1 aromatic carbocycles. The Labute approximate surface area is 178 Å². The zero-order valence-corrected chi connectivity index (χ0v) is 17.8. The lowest BCUT2D eigenvalue weighted by atomic mass is 10.0. The second-order valence-electron chi connectivity index (χ2n) is 7.29. The predicted molar refractivity (Wildman–Crippen MR) is 113 cm³/mol. The topological polar surface area (TPSA) is 93.7 Å². The summed E-state index contributed by atoms with van der Waals surface area (Å²) in [7, 11) is 0. The van der Waals surface area contributed by atoms with Gasteiger partial charge in [-0.3, -0.25) is 9.59 Å². The second kappa shape index (κ2) is 8.83. The van der Waals surface area contributed by atoms with Crippen LogP contribution in [0.1, 0.15) is 31.2 Å². The zero-order valence-electron chi connectivity index (χ0n) is 17.0. The molecule has 158 valence electrons. The van der Waals surface area contributed by atoms with Gasteiger partial charge in [-0.05, 0) is 45.2 Å². The van der Waals surface area contributed by atoms with Crippen molar-refractivity contribution in [2.45, 2.75) is 39.2 Å². The molecule has 2 aliphatic heterocycles. The Morgan fingerprint density at radius 1 is 1.17 bits per heavy atom. The number of hydrogen-bond acceptors (Lipinski definition) is 7. The Morgan fingerprint density at radius 3 is 2.77 bits per heavy atom. The lowest BCUT2D eigenvalue weighted by molar-refractivity contribution is -0.141. The smallest absolute Gasteiger partial charge is 0.293 e. The van der Waals surface area contributed by atoms with Crippen LogP contribution in [0.4, 0.5) is 5.69 Å². The number of nitrogens with zero attached hydrogens (tertiary/aromatic N) is 3. The van der Waals surface area contributed by atoms with Crippen LogP contribution in [0.25, 0.3) is 10.6 Å². The van der Waals surface area contributed by atoms with E-state index in [1.165, 1.54) is 11.3 Å². The molecular formula is C21H24N4O4S. The fourth-order valence-corrected chi connectivity index (χ4v) is 4.35. The lowest BCUT2D eigenvalue weighted by Crippen LogP contribution is -2.51. The summed E-state index contributed by atoms with van der Waals surface area (Å²) < 4.78 is 11.0. The first-order chi connectivity index (χ1) is 14.5. The fraction of sp³-hybridized carbons (Fsp3) is 0.429. The molecule has 0 bridgehead atoms. The molecule has 2 amide bonds. The Bertz CT molecular complexity index is 987. The van der Waals surface area contributed by atoms with Gasteiger partial charge in [-0.2, -0.15) is 0 Å². The minimum atomic E-state index is -0.551. The number of piperidine rings is 1. The Morgan fingerprint density at radius 2 is 2.00 bits per heavy atom. The van der Waals surface area contributed by atoms with Crippen molar-refractivity contribution in [3.8, 4) is 10.6 Å². The van der Waals surface area contributed by atoms with Crippen molar-refractivity contribution in [3.63, 3.8) is 0 Å². The average molecular weight is 429 g/mol. The molecule has 0 spiro atoms. The van der Waals surface area contributed by atoms with Crippen LogP contribution in [0.3, 0.4) is 0 Å². The van der Waals surface area contributed by atoms with Crippen molar-refractivity contribution < 1.29 is 19.1 Å². The first-order valence-electron chi connectivity index (χ1n) is 10.0. The SMILES string of the molecule is CC1=C(C(=O)N2CCCCC2C(=O)Nc2cccc(-c3nnc(C)s3)c2)OCCO1. The van der Waals surface area contributed by atoms with Crippen LogP contribution in [0.15, 0.2) is 35.8 Å². The third kappa shape index (κ3) is 4.30. The van der Waals surface area contributed by atoms with Gasteiger partial charge in [-0.15, -0.1) is 10.2 Å². The molecule has 0 radical (unpaired) electrons. The number of carbonyl (C=O) groups is 2. The van der Waals surface area contributed by atoms with Crippen LogP contribution in [0.5, 0.6) is 0 Å². The van der Waals surface area contributed by atoms with E-state index in [9.17, 15) is 9.59 Å². The minimum Gasteiger partial charge on any atom is -0.491 e. The van der Waals surface area contributed by atoms with Crippen LogP contribution < -0.4 is 5.32 Å². The monoisotopic (exact) mass is 428 g/mol. The Kier molecular flexibility index (Phi) is 5.98. The van der Waals surface area contributed by atoms with Gasteiger partial charge in [-0.25, -0.2) is 0 Å². The van der Waals surface area contributed by atoms with Crippen LogP contribution >= 0.6 is 11.3 Å². The number of hydrogen-bond donors (Lipinski definition) is 1. The molecule has 1 fully saturated rings. The molecule has 0 saturated carbocycles. The average Bonchev–Trinajstić information content (AvgIpc) is 3.20. The molecule has 8 nitrogen and oxygen atoms in total. The van der Waals surface area contributed by atoms with E-state index in [2.05, 4.69) is 15.5 Å². The Hall–Kier alpha value is -2.94. The highest BCUT2D eigenvalue weighted by atomic mass is 32.1. The van der Waals surface area contributed by atoms with Crippen molar-refractivity contribution in [2.75, 3.05) is 25.1 Å². The third-order valence-electron chi connectivity index (χ3n) is 5.13. The highest BCUT2D eigenvalue weighted by Gasteiger charge is 2.36. The van der Waals surface area contributed by atoms with Gasteiger partial charge in [0.25, 0.3) is 5.91 Å². The number of aryl methyl sites for hydroxylation is 1. The predicted octanol–water partition coefficient (Wildman–Crippen LogP) is 3.11. The van der Waals surface area contributed by atoms with Gasteiger partial charge in [0, 0.05) is 17.8 Å². The van der Waals surface area contributed by atoms with Gasteiger partial charge >= 0.3 is 0 Å². The number of nitrogens with one attached hydrogen (secondary N) is 1. The van der Waals surface area contributed by atoms with Crippen molar-refractivity contribution >= 4 is 28.8 Å². The van der Waals surface area contributed by atoms with Gasteiger partial charge in [0.05, 0.1) is 0 Å². The summed E-state index contributed by atoms with van der Waals surface area (Å²) in [5, 5.41) is 12.9. The second-order valence-corrected chi connectivity index (χ2v) is 8.47. The highest BCUT2D eigenvalue weighted by molar-refractivity contribution is 7.14. The third-order valence-corrected chi connectivity index (χ3v) is 6.02. The molecule has 3 heterocycles. The van der Waals surface area contributed by atoms with Crippen LogP contribution in [-0.2, 0) is 19.1 Å². The normalized spacial score (nSPS) is 19.1. The summed E-state index contributed by atoms with van der Waals surface area (Å²) in [6.45, 7) is 4.89. The van der Waals surface area contributed by atoms with E-state index in [0.717, 1.165) is 28.4 Å². The van der Waals surface area contributed by atoms with Crippen molar-refractivity contribution in [1.29, 1.82) is 0 Å². The number of likely N-dealkylation sites (tertiary alicyclic amines) is 1. The van der Waals surface area contributed by atoms with Gasteiger partial charge in [0.1, 0.15) is 35.0 Å². The minimum absolute atomic E-state index is 0.203. The maximum Gasteiger partial charge on any atom is 0.293 e. The summed E-state index contributed by atoms with van der Waals surface area (Å²) >= 11 is 1.50. The van der Waals surface area contributed by atoms with Crippen molar-refractivity contribution in [2.24, 2.45) is 0 Å². The number of ether oxygens (including phenoxy) is 2. The number of benzene rings is 1. The maximum atomic E-state index is 13.1. The van der Waals surface area contributed by atoms with Gasteiger partial charge < -0.3 is 19.7 Å². The molecule has 0 aliphatic carbocycles. The van der Waals surface area contributed by atoms with Crippen LogP contribution in [-0.4, -0.2) is 52.7 Å². The number of rotatable bonds is 4. The molecule has 1 aromatic heterocycles. The molecule has 1 atom stereocenters. The van der Waals surface area contributed by atoms with Crippen molar-refractivity contribution in [3.05, 3.63) is 40.8 Å². The van der Waals surface area contributed by atoms with E-state index in [1.54, 1.807) is 11.8 Å². The fourth-order valence-electron chi connectivity index (χ4n) is 3.66. The molecule has 1 N–H and O–H groups in total. The number of amides is 2. The number of allylic oxidation sites excluding steroid dienone is 1. The summed E-state index contributed by atoms with van der Waals surface area (Å²) in [5.41, 5.74) is 1.56. The molecule has 2 aromatic rings. The number of carbonyl (C=O) groups excluding carboxylic acids is 2. The molecule has 1 saturated heterocycles. The molecular weight excluding hydrogens is 404 g/mol. The number of aromatic nitrogens is 2. The van der Waals surface area contributed by atoms with Gasteiger partial charge in [0.2, 0.25) is 11.7 Å². The summed E-state index contributed by atoms with van der Waals surface area (Å²) in [5.74, 6) is 0.180. The van der Waals surface area contributed by atoms with Gasteiger partial charge in [0.15, 0.2) is 0 Å². The van der Waals surface area contributed by atoms with E-state index in [0.29, 0.717) is 37.6 Å². The molecule has 30 heavy (non-hydrogen) atoms. The molecule has 4 rings (SSSR count). The van der Waals surface area contributed by atoms with Crippen LogP contribution in [0.2, 0.25) is 0 Å². The van der Waals surface area contributed by atoms with Crippen LogP contribution in [0, 0.1) is 6.92 Å². The summed E-state index contributed by atoms with van der Waals surface area (Å²) in [6, 6.07) is 6.95. The highest BCUT2D eigenvalue weighted by Crippen LogP contribution is 2.27. The standard InChI is InChI=1S/C21H24N4O4S/c1-13-18(29-11-10-28-13)21(27)25-9-4-3-8-17(25)19(26)22-16-7-5-6-15(12-16)20-24-23-14(2)30-20/h5-7,12,17H,3-4,8-11H2,1-2H3,(H,22,26). The lowest BCUT2D eigenvalue weighted by Gasteiger charge is -2.35. The molecule has 9 heteroatoms. The summed E-state index contributed by atoms with van der Waals surface area (Å²) in [6.07, 6.45) is 2.36. The first-order valence-corrected chi connectivity index (χ1v) is 10.8. The van der Waals surface area contributed by atoms with E-state index in [-0.39, 0.29) is 17.6 Å². The van der Waals surface area contributed by atoms with E-state index in [1.807, 2.05) is 31.2 Å². The maximum absolute atomic E-state index is 13.1. The van der Waals surface area contributed by atoms with E-state index < -0.39 is 6.04 Å². The number of anilines is 1. The first kappa shape index (κ1) is 20.3. The quantitative estimate of drug-likeness (QED) is 0.804. The van der Waals surface area contributed by atoms with Crippen molar-refractivity contribution in [1.82, 2.24) is 15.1 Å². The largest absolute Gasteiger partial charge is 0.491 e.